The van der Waals surface area contributed by atoms with E-state index in [9.17, 15) is 0 Å². The molecule has 0 saturated carbocycles. The van der Waals surface area contributed by atoms with E-state index >= 15 is 0 Å². The van der Waals surface area contributed by atoms with Crippen molar-refractivity contribution in [2.45, 2.75) is 32.7 Å². The van der Waals surface area contributed by atoms with Gasteiger partial charge in [-0.1, -0.05) is 0 Å². The van der Waals surface area contributed by atoms with Crippen LogP contribution in [0.1, 0.15) is 27.2 Å². The van der Waals surface area contributed by atoms with E-state index < -0.39 is 0 Å². The molecule has 0 amide bonds. The second-order valence-corrected chi connectivity index (χ2v) is 4.84. The minimum Gasteiger partial charge on any atom is -0.293 e. The van der Waals surface area contributed by atoms with Crippen molar-refractivity contribution in [2.75, 3.05) is 13.1 Å². The lowest BCUT2D eigenvalue weighted by molar-refractivity contribution is 0.145. The minimum atomic E-state index is 0.260. The van der Waals surface area contributed by atoms with Crippen LogP contribution in [0.3, 0.4) is 0 Å². The fraction of sp³-hybridized carbons (Fsp3) is 0.800. The Balaban J connectivity index is 2.07. The van der Waals surface area contributed by atoms with Crippen LogP contribution in [0.5, 0.6) is 0 Å². The molecular weight excluding hydrogens is 162 g/mol. The highest BCUT2D eigenvalue weighted by molar-refractivity contribution is 6.03. The van der Waals surface area contributed by atoms with E-state index in [4.69, 9.17) is 0 Å². The highest BCUT2D eigenvalue weighted by Gasteiger charge is 2.31. The Morgan fingerprint density at radius 2 is 2.23 bits per heavy atom. The lowest BCUT2D eigenvalue weighted by Crippen LogP contribution is -2.49. The first-order chi connectivity index (χ1) is 6.07. The molecule has 72 valence electrons. The number of nitrogens with zero attached hydrogens (tertiary/aromatic N) is 3. The molecule has 3 nitrogen and oxygen atoms in total. The summed E-state index contributed by atoms with van der Waals surface area (Å²) in [5, 5.41) is 8.15. The number of rotatable bonds is 0. The van der Waals surface area contributed by atoms with Crippen molar-refractivity contribution in [1.29, 1.82) is 0 Å². The SMILES string of the molecule is CC(C)(C)N1CCC2C=NN=C2C1. The third-order valence-corrected chi connectivity index (χ3v) is 2.87. The number of fused-ring (bicyclic) bond motifs is 1. The van der Waals surface area contributed by atoms with Crippen LogP contribution in [0.2, 0.25) is 0 Å². The maximum absolute atomic E-state index is 4.17. The number of piperidine rings is 1. The zero-order valence-corrected chi connectivity index (χ0v) is 8.62. The summed E-state index contributed by atoms with van der Waals surface area (Å²) in [6, 6.07) is 0. The summed E-state index contributed by atoms with van der Waals surface area (Å²) in [6.45, 7) is 8.92. The van der Waals surface area contributed by atoms with Gasteiger partial charge >= 0.3 is 0 Å². The van der Waals surface area contributed by atoms with Gasteiger partial charge < -0.3 is 0 Å². The largest absolute Gasteiger partial charge is 0.293 e. The Labute approximate surface area is 79.5 Å². The van der Waals surface area contributed by atoms with Gasteiger partial charge in [-0.25, -0.2) is 0 Å². The molecule has 0 radical (unpaired) electrons. The molecule has 2 rings (SSSR count). The summed E-state index contributed by atoms with van der Waals surface area (Å²) in [6.07, 6.45) is 3.16. The monoisotopic (exact) mass is 179 g/mol. The van der Waals surface area contributed by atoms with Crippen LogP contribution in [0, 0.1) is 5.92 Å². The van der Waals surface area contributed by atoms with Gasteiger partial charge in [-0.3, -0.25) is 4.90 Å². The van der Waals surface area contributed by atoms with Gasteiger partial charge in [-0.05, 0) is 27.2 Å². The van der Waals surface area contributed by atoms with E-state index in [0.29, 0.717) is 5.92 Å². The molecule has 0 N–H and O–H groups in total. The average molecular weight is 179 g/mol. The molecule has 1 atom stereocenters. The van der Waals surface area contributed by atoms with Crippen molar-refractivity contribution < 1.29 is 0 Å². The van der Waals surface area contributed by atoms with E-state index in [1.807, 2.05) is 6.21 Å². The maximum Gasteiger partial charge on any atom is 0.0631 e. The fourth-order valence-electron chi connectivity index (χ4n) is 1.88. The number of hydrogen-bond acceptors (Lipinski definition) is 3. The van der Waals surface area contributed by atoms with Crippen molar-refractivity contribution >= 4 is 11.9 Å². The van der Waals surface area contributed by atoms with Gasteiger partial charge in [0, 0.05) is 30.8 Å². The third kappa shape index (κ3) is 1.66. The molecule has 0 aromatic rings. The van der Waals surface area contributed by atoms with Crippen molar-refractivity contribution in [3.8, 4) is 0 Å². The third-order valence-electron chi connectivity index (χ3n) is 2.87. The van der Waals surface area contributed by atoms with Gasteiger partial charge in [-0.15, -0.1) is 0 Å². The summed E-state index contributed by atoms with van der Waals surface area (Å²) in [5.74, 6) is 0.540. The van der Waals surface area contributed by atoms with Crippen molar-refractivity contribution in [3.05, 3.63) is 0 Å². The highest BCUT2D eigenvalue weighted by Crippen LogP contribution is 2.23. The normalized spacial score (nSPS) is 28.8. The average Bonchev–Trinajstić information content (AvgIpc) is 2.47. The Hall–Kier alpha value is -0.700. The lowest BCUT2D eigenvalue weighted by atomic mass is 9.93. The van der Waals surface area contributed by atoms with Gasteiger partial charge in [0.15, 0.2) is 0 Å². The Kier molecular flexibility index (Phi) is 1.99. The Morgan fingerprint density at radius 1 is 1.46 bits per heavy atom. The first-order valence-electron chi connectivity index (χ1n) is 4.92. The Bertz CT molecular complexity index is 260. The summed E-state index contributed by atoms with van der Waals surface area (Å²) in [7, 11) is 0. The molecular formula is C10H17N3. The molecule has 0 aromatic carbocycles. The predicted octanol–water partition coefficient (Wildman–Crippen LogP) is 1.55. The van der Waals surface area contributed by atoms with Gasteiger partial charge in [0.1, 0.15) is 0 Å². The van der Waals surface area contributed by atoms with E-state index in [1.165, 1.54) is 18.7 Å². The molecule has 1 unspecified atom stereocenters. The van der Waals surface area contributed by atoms with Gasteiger partial charge in [0.05, 0.1) is 5.71 Å². The molecule has 3 heteroatoms. The van der Waals surface area contributed by atoms with Crippen molar-refractivity contribution in [1.82, 2.24) is 4.90 Å². The van der Waals surface area contributed by atoms with Crippen LogP contribution in [-0.4, -0.2) is 35.5 Å². The van der Waals surface area contributed by atoms with Crippen LogP contribution >= 0.6 is 0 Å². The molecule has 13 heavy (non-hydrogen) atoms. The molecule has 0 aromatic heterocycles. The smallest absolute Gasteiger partial charge is 0.0631 e. The molecule has 2 heterocycles. The quantitative estimate of drug-likeness (QED) is 0.554. The lowest BCUT2D eigenvalue weighted by Gasteiger charge is -2.39. The van der Waals surface area contributed by atoms with Gasteiger partial charge in [0.2, 0.25) is 0 Å². The molecule has 0 bridgehead atoms. The molecule has 1 fully saturated rings. The molecule has 0 aliphatic carbocycles. The topological polar surface area (TPSA) is 28.0 Å². The standard InChI is InChI=1S/C10H17N3/c1-10(2,3)13-5-4-8-6-11-12-9(8)7-13/h6,8H,4-5,7H2,1-3H3. The summed E-state index contributed by atoms with van der Waals surface area (Å²) < 4.78 is 0. The second-order valence-electron chi connectivity index (χ2n) is 4.84. The second kappa shape index (κ2) is 2.91. The first-order valence-corrected chi connectivity index (χ1v) is 4.92. The zero-order chi connectivity index (χ0) is 9.47. The van der Waals surface area contributed by atoms with Crippen LogP contribution in [0.15, 0.2) is 10.2 Å². The first kappa shape index (κ1) is 8.88. The summed E-state index contributed by atoms with van der Waals surface area (Å²) >= 11 is 0. The van der Waals surface area contributed by atoms with E-state index in [-0.39, 0.29) is 5.54 Å². The van der Waals surface area contributed by atoms with Crippen LogP contribution < -0.4 is 0 Å². The van der Waals surface area contributed by atoms with Crippen LogP contribution in [0.25, 0.3) is 0 Å². The van der Waals surface area contributed by atoms with E-state index in [2.05, 4.69) is 35.9 Å². The molecule has 2 aliphatic rings. The molecule has 2 aliphatic heterocycles. The predicted molar refractivity (Wildman–Crippen MR) is 55.4 cm³/mol. The van der Waals surface area contributed by atoms with E-state index in [0.717, 1.165) is 6.54 Å². The zero-order valence-electron chi connectivity index (χ0n) is 8.62. The minimum absolute atomic E-state index is 0.260. The summed E-state index contributed by atoms with van der Waals surface area (Å²) in [5.41, 5.74) is 1.51. The number of likely N-dealkylation sites (tertiary alicyclic amines) is 1. The highest BCUT2D eigenvalue weighted by atomic mass is 15.3. The van der Waals surface area contributed by atoms with Crippen LogP contribution in [-0.2, 0) is 0 Å². The van der Waals surface area contributed by atoms with Crippen LogP contribution in [0.4, 0.5) is 0 Å². The fourth-order valence-corrected chi connectivity index (χ4v) is 1.88. The molecule has 1 saturated heterocycles. The van der Waals surface area contributed by atoms with Gasteiger partial charge in [0.25, 0.3) is 0 Å². The Morgan fingerprint density at radius 3 is 2.92 bits per heavy atom. The van der Waals surface area contributed by atoms with Gasteiger partial charge in [-0.2, -0.15) is 10.2 Å². The van der Waals surface area contributed by atoms with E-state index in [1.54, 1.807) is 0 Å². The number of hydrogen-bond donors (Lipinski definition) is 0. The maximum atomic E-state index is 4.17. The molecule has 0 spiro atoms. The summed E-state index contributed by atoms with van der Waals surface area (Å²) in [4.78, 5) is 2.47. The van der Waals surface area contributed by atoms with Crippen molar-refractivity contribution in [2.24, 2.45) is 16.1 Å². The van der Waals surface area contributed by atoms with Crippen molar-refractivity contribution in [3.63, 3.8) is 0 Å².